The van der Waals surface area contributed by atoms with E-state index in [9.17, 15) is 9.59 Å². The van der Waals surface area contributed by atoms with Gasteiger partial charge in [-0.25, -0.2) is 0 Å². The van der Waals surface area contributed by atoms with Crippen LogP contribution >= 0.6 is 0 Å². The number of carbonyl (C=O) groups excluding carboxylic acids is 2. The molecule has 0 amide bonds. The summed E-state index contributed by atoms with van der Waals surface area (Å²) in [4.78, 5) is 25.3. The first-order valence-electron chi connectivity index (χ1n) is 26.8. The van der Waals surface area contributed by atoms with Crippen LogP contribution in [-0.2, 0) is 23.8 Å². The van der Waals surface area contributed by atoms with Crippen LogP contribution in [0.5, 0.6) is 0 Å². The number of hydrogen-bond acceptors (Lipinski definition) is 5. The molecule has 0 saturated heterocycles. The summed E-state index contributed by atoms with van der Waals surface area (Å²) in [6.07, 6.45) is 66.8. The van der Waals surface area contributed by atoms with Crippen LogP contribution in [0.15, 0.2) is 60.8 Å². The maximum atomic E-state index is 12.7. The van der Waals surface area contributed by atoms with E-state index < -0.39 is 6.10 Å². The number of esters is 2. The van der Waals surface area contributed by atoms with Crippen LogP contribution in [0.1, 0.15) is 265 Å². The van der Waals surface area contributed by atoms with Crippen molar-refractivity contribution < 1.29 is 23.8 Å². The fraction of sp³-hybridized carbons (Fsp3) is 0.789. The molecule has 0 rings (SSSR count). The van der Waals surface area contributed by atoms with Crippen molar-refractivity contribution in [3.63, 3.8) is 0 Å². The minimum Gasteiger partial charge on any atom is -0.462 e. The number of hydrogen-bond donors (Lipinski definition) is 0. The number of unbranched alkanes of at least 4 members (excludes halogenated alkanes) is 28. The predicted octanol–water partition coefficient (Wildman–Crippen LogP) is 18.1. The van der Waals surface area contributed by atoms with Crippen molar-refractivity contribution in [2.24, 2.45) is 0 Å². The lowest BCUT2D eigenvalue weighted by molar-refractivity contribution is -0.163. The van der Waals surface area contributed by atoms with E-state index >= 15 is 0 Å². The highest BCUT2D eigenvalue weighted by molar-refractivity contribution is 5.70. The molecule has 0 aliphatic rings. The Hall–Kier alpha value is -2.40. The smallest absolute Gasteiger partial charge is 0.306 e. The molecule has 5 heteroatoms. The lowest BCUT2D eigenvalue weighted by atomic mass is 10.1. The Kier molecular flexibility index (Phi) is 50.9. The highest BCUT2D eigenvalue weighted by Gasteiger charge is 2.17. The zero-order valence-electron chi connectivity index (χ0n) is 41.4. The van der Waals surface area contributed by atoms with Gasteiger partial charge < -0.3 is 14.2 Å². The van der Waals surface area contributed by atoms with E-state index in [0.717, 1.165) is 77.0 Å². The van der Waals surface area contributed by atoms with E-state index in [4.69, 9.17) is 14.2 Å². The summed E-state index contributed by atoms with van der Waals surface area (Å²) in [5.41, 5.74) is 0. The third-order valence-corrected chi connectivity index (χ3v) is 11.5. The summed E-state index contributed by atoms with van der Waals surface area (Å²) >= 11 is 0. The Labute approximate surface area is 385 Å². The molecule has 0 radical (unpaired) electrons. The molecule has 360 valence electrons. The molecule has 0 aliphatic heterocycles. The van der Waals surface area contributed by atoms with E-state index in [1.54, 1.807) is 0 Å². The maximum Gasteiger partial charge on any atom is 0.306 e. The van der Waals surface area contributed by atoms with Crippen molar-refractivity contribution in [3.8, 4) is 0 Å². The Morgan fingerprint density at radius 3 is 1.18 bits per heavy atom. The van der Waals surface area contributed by atoms with Crippen molar-refractivity contribution >= 4 is 11.9 Å². The van der Waals surface area contributed by atoms with Crippen molar-refractivity contribution in [1.29, 1.82) is 0 Å². The van der Waals surface area contributed by atoms with Crippen LogP contribution in [0.2, 0.25) is 0 Å². The Morgan fingerprint density at radius 2 is 0.726 bits per heavy atom. The Bertz CT molecular complexity index is 1070. The largest absolute Gasteiger partial charge is 0.462 e. The summed E-state index contributed by atoms with van der Waals surface area (Å²) in [5, 5.41) is 0. The van der Waals surface area contributed by atoms with Gasteiger partial charge in [-0.05, 0) is 83.5 Å². The molecule has 0 fully saturated rings. The zero-order chi connectivity index (χ0) is 44.9. The molecule has 0 spiro atoms. The zero-order valence-corrected chi connectivity index (χ0v) is 41.4. The number of rotatable bonds is 49. The third kappa shape index (κ3) is 50.2. The molecular weight excluding hydrogens is 765 g/mol. The molecule has 0 aromatic carbocycles. The van der Waals surface area contributed by atoms with E-state index in [1.807, 2.05) is 0 Å². The lowest BCUT2D eigenvalue weighted by Gasteiger charge is -2.18. The molecule has 1 atom stereocenters. The molecule has 0 aliphatic carbocycles. The van der Waals surface area contributed by atoms with Gasteiger partial charge in [-0.3, -0.25) is 9.59 Å². The van der Waals surface area contributed by atoms with Gasteiger partial charge >= 0.3 is 11.9 Å². The average molecular weight is 867 g/mol. The fourth-order valence-corrected chi connectivity index (χ4v) is 7.56. The van der Waals surface area contributed by atoms with Crippen molar-refractivity contribution in [2.75, 3.05) is 19.8 Å². The first-order valence-corrected chi connectivity index (χ1v) is 26.8. The topological polar surface area (TPSA) is 61.8 Å². The first kappa shape index (κ1) is 59.6. The fourth-order valence-electron chi connectivity index (χ4n) is 7.56. The molecule has 0 bridgehead atoms. The number of allylic oxidation sites excluding steroid dienone is 10. The van der Waals surface area contributed by atoms with Gasteiger partial charge in [0.15, 0.2) is 6.10 Å². The quantitative estimate of drug-likeness (QED) is 0.0346. The van der Waals surface area contributed by atoms with Crippen LogP contribution in [0.3, 0.4) is 0 Å². The molecule has 62 heavy (non-hydrogen) atoms. The predicted molar refractivity (Wildman–Crippen MR) is 270 cm³/mol. The minimum absolute atomic E-state index is 0.0782. The van der Waals surface area contributed by atoms with Gasteiger partial charge in [-0.2, -0.15) is 0 Å². The van der Waals surface area contributed by atoms with E-state index in [2.05, 4.69) is 81.5 Å². The van der Waals surface area contributed by atoms with E-state index in [1.165, 1.54) is 154 Å². The van der Waals surface area contributed by atoms with Crippen LogP contribution in [0.25, 0.3) is 0 Å². The van der Waals surface area contributed by atoms with Gasteiger partial charge in [0.25, 0.3) is 0 Å². The highest BCUT2D eigenvalue weighted by atomic mass is 16.6. The molecule has 5 nitrogen and oxygen atoms in total. The molecule has 0 heterocycles. The summed E-state index contributed by atoms with van der Waals surface area (Å²) in [5.74, 6) is -0.412. The Morgan fingerprint density at radius 1 is 0.371 bits per heavy atom. The van der Waals surface area contributed by atoms with Gasteiger partial charge in [0.2, 0.25) is 0 Å². The second-order valence-corrected chi connectivity index (χ2v) is 17.8. The SMILES string of the molecule is CC/C=C\C/C=C\C/C=C\C/C=C\CCCCCCCCC(=O)OCC(COCCCCCCCCCCCC/C=C\CCCCCCCC)OC(=O)CCCCCCCCC. The molecule has 0 aromatic heterocycles. The third-order valence-electron chi connectivity index (χ3n) is 11.5. The molecule has 0 saturated carbocycles. The van der Waals surface area contributed by atoms with Crippen LogP contribution in [0, 0.1) is 0 Å². The molecular formula is C57H102O5. The average Bonchev–Trinajstić information content (AvgIpc) is 3.27. The van der Waals surface area contributed by atoms with Crippen molar-refractivity contribution in [3.05, 3.63) is 60.8 Å². The monoisotopic (exact) mass is 867 g/mol. The molecule has 0 N–H and O–H groups in total. The number of carbonyl (C=O) groups is 2. The number of ether oxygens (including phenoxy) is 3. The van der Waals surface area contributed by atoms with Gasteiger partial charge in [0.1, 0.15) is 6.61 Å². The minimum atomic E-state index is -0.540. The van der Waals surface area contributed by atoms with Gasteiger partial charge in [0.05, 0.1) is 6.61 Å². The Balaban J connectivity index is 4.10. The highest BCUT2D eigenvalue weighted by Crippen LogP contribution is 2.15. The standard InChI is InChI=1S/C57H102O5/c1-4-7-10-13-16-18-20-22-24-26-28-30-32-34-36-38-40-43-46-49-52-60-53-55(62-57(59)51-48-45-41-15-12-9-6-3)54-61-56(58)50-47-44-42-39-37-35-33-31-29-27-25-23-21-19-17-14-11-8-5-2/h8,11,17,19,22-25,29,31,55H,4-7,9-10,12-16,18,20-21,26-28,30,32-54H2,1-3H3/b11-8-,19-17-,24-22-,25-23-,31-29-. The van der Waals surface area contributed by atoms with Gasteiger partial charge in [0, 0.05) is 19.4 Å². The summed E-state index contributed by atoms with van der Waals surface area (Å²) in [7, 11) is 0. The summed E-state index contributed by atoms with van der Waals surface area (Å²) < 4.78 is 17.4. The molecule has 0 aromatic rings. The van der Waals surface area contributed by atoms with Crippen LogP contribution in [0.4, 0.5) is 0 Å². The second-order valence-electron chi connectivity index (χ2n) is 17.8. The lowest BCUT2D eigenvalue weighted by Crippen LogP contribution is -2.30. The second kappa shape index (κ2) is 52.9. The maximum absolute atomic E-state index is 12.7. The van der Waals surface area contributed by atoms with Gasteiger partial charge in [-0.15, -0.1) is 0 Å². The molecule has 1 unspecified atom stereocenters. The first-order chi connectivity index (χ1) is 30.6. The van der Waals surface area contributed by atoms with Crippen LogP contribution < -0.4 is 0 Å². The van der Waals surface area contributed by atoms with Crippen molar-refractivity contribution in [2.45, 2.75) is 271 Å². The summed E-state index contributed by atoms with van der Waals surface area (Å²) in [6, 6.07) is 0. The van der Waals surface area contributed by atoms with Gasteiger partial charge in [-0.1, -0.05) is 229 Å². The van der Waals surface area contributed by atoms with E-state index in [-0.39, 0.29) is 25.2 Å². The van der Waals surface area contributed by atoms with Crippen LogP contribution in [-0.4, -0.2) is 37.9 Å². The van der Waals surface area contributed by atoms with E-state index in [0.29, 0.717) is 19.4 Å². The summed E-state index contributed by atoms with van der Waals surface area (Å²) in [6.45, 7) is 7.69. The van der Waals surface area contributed by atoms with Crippen molar-refractivity contribution in [1.82, 2.24) is 0 Å². The normalized spacial score (nSPS) is 12.6.